The molecule has 0 unspecified atom stereocenters. The molecule has 1 atom stereocenters. The Morgan fingerprint density at radius 1 is 1.44 bits per heavy atom. The molecule has 1 fully saturated rings. The van der Waals surface area contributed by atoms with Crippen LogP contribution in [0.4, 0.5) is 10.8 Å². The van der Waals surface area contributed by atoms with Gasteiger partial charge in [-0.05, 0) is 31.0 Å². The lowest BCUT2D eigenvalue weighted by atomic mass is 10.1. The minimum atomic E-state index is -0.0661. The third-order valence-electron chi connectivity index (χ3n) is 4.11. The van der Waals surface area contributed by atoms with Crippen molar-refractivity contribution in [3.8, 4) is 0 Å². The van der Waals surface area contributed by atoms with Gasteiger partial charge in [0.1, 0.15) is 5.01 Å². The maximum atomic E-state index is 12.4. The van der Waals surface area contributed by atoms with Crippen molar-refractivity contribution in [1.82, 2.24) is 10.2 Å². The summed E-state index contributed by atoms with van der Waals surface area (Å²) in [6.45, 7) is 4.41. The fourth-order valence-electron chi connectivity index (χ4n) is 2.73. The molecule has 0 bridgehead atoms. The van der Waals surface area contributed by atoms with Crippen LogP contribution in [0.2, 0.25) is 5.02 Å². The average Bonchev–Trinajstić information content (AvgIpc) is 3.17. The molecule has 2 aromatic rings. The molecule has 2 amide bonds. The Labute approximate surface area is 155 Å². The van der Waals surface area contributed by atoms with Gasteiger partial charge in [-0.25, -0.2) is 0 Å². The molecule has 132 valence electrons. The van der Waals surface area contributed by atoms with Crippen LogP contribution >= 0.6 is 22.9 Å². The van der Waals surface area contributed by atoms with Crippen LogP contribution in [-0.2, 0) is 9.59 Å². The first-order chi connectivity index (χ1) is 12.0. The van der Waals surface area contributed by atoms with Crippen LogP contribution in [0.5, 0.6) is 0 Å². The molecule has 0 aliphatic carbocycles. The highest BCUT2D eigenvalue weighted by atomic mass is 35.5. The van der Waals surface area contributed by atoms with E-state index in [1.807, 2.05) is 32.0 Å². The van der Waals surface area contributed by atoms with E-state index >= 15 is 0 Å². The number of hydrogen-bond donors (Lipinski definition) is 1. The topological polar surface area (TPSA) is 75.2 Å². The van der Waals surface area contributed by atoms with Crippen molar-refractivity contribution in [3.63, 3.8) is 0 Å². The number of nitrogens with zero attached hydrogens (tertiary/aromatic N) is 3. The second kappa shape index (κ2) is 7.49. The number of hydrogen-bond acceptors (Lipinski definition) is 5. The van der Waals surface area contributed by atoms with Crippen molar-refractivity contribution in [2.75, 3.05) is 16.8 Å². The predicted octanol–water partition coefficient (Wildman–Crippen LogP) is 3.76. The fraction of sp³-hybridized carbons (Fsp3) is 0.412. The Bertz CT molecular complexity index is 808. The molecule has 6 nitrogen and oxygen atoms in total. The molecular weight excluding hydrogens is 360 g/mol. The summed E-state index contributed by atoms with van der Waals surface area (Å²) in [6, 6.07) is 5.62. The highest BCUT2D eigenvalue weighted by Crippen LogP contribution is 2.35. The van der Waals surface area contributed by atoms with E-state index in [9.17, 15) is 9.59 Å². The van der Waals surface area contributed by atoms with E-state index in [0.29, 0.717) is 29.5 Å². The Kier molecular flexibility index (Phi) is 5.34. The summed E-state index contributed by atoms with van der Waals surface area (Å²) >= 11 is 7.50. The fourth-order valence-corrected chi connectivity index (χ4v) is 3.76. The van der Waals surface area contributed by atoms with Gasteiger partial charge in [0.05, 0.1) is 0 Å². The lowest BCUT2D eigenvalue weighted by Gasteiger charge is -2.17. The smallest absolute Gasteiger partial charge is 0.227 e. The van der Waals surface area contributed by atoms with Crippen LogP contribution in [0.3, 0.4) is 0 Å². The van der Waals surface area contributed by atoms with Gasteiger partial charge in [-0.3, -0.25) is 9.59 Å². The second-order valence-electron chi connectivity index (χ2n) is 6.08. The van der Waals surface area contributed by atoms with Gasteiger partial charge < -0.3 is 10.2 Å². The van der Waals surface area contributed by atoms with Gasteiger partial charge in [-0.1, -0.05) is 35.9 Å². The summed E-state index contributed by atoms with van der Waals surface area (Å²) in [5.41, 5.74) is 1.77. The molecule has 2 heterocycles. The molecule has 1 aromatic heterocycles. The van der Waals surface area contributed by atoms with Crippen molar-refractivity contribution in [3.05, 3.63) is 33.8 Å². The molecule has 3 rings (SSSR count). The first-order valence-electron chi connectivity index (χ1n) is 8.17. The van der Waals surface area contributed by atoms with E-state index in [1.165, 1.54) is 11.3 Å². The van der Waals surface area contributed by atoms with Crippen molar-refractivity contribution in [1.29, 1.82) is 0 Å². The number of rotatable bonds is 5. The summed E-state index contributed by atoms with van der Waals surface area (Å²) in [7, 11) is 0. The number of carbonyl (C=O) groups excluding carboxylic acids is 2. The summed E-state index contributed by atoms with van der Waals surface area (Å²) in [6.07, 6.45) is 1.62. The number of halogens is 1. The van der Waals surface area contributed by atoms with Crippen LogP contribution in [-0.4, -0.2) is 28.6 Å². The second-order valence-corrected chi connectivity index (χ2v) is 7.50. The number of nitrogens with one attached hydrogen (secondary N) is 1. The zero-order valence-electron chi connectivity index (χ0n) is 14.1. The zero-order valence-corrected chi connectivity index (χ0v) is 15.7. The van der Waals surface area contributed by atoms with Crippen LogP contribution in [0.15, 0.2) is 18.2 Å². The van der Waals surface area contributed by atoms with Gasteiger partial charge in [0.25, 0.3) is 0 Å². The maximum Gasteiger partial charge on any atom is 0.227 e. The molecule has 8 heteroatoms. The van der Waals surface area contributed by atoms with Crippen LogP contribution in [0.25, 0.3) is 0 Å². The highest BCUT2D eigenvalue weighted by Gasteiger charge is 2.34. The first kappa shape index (κ1) is 17.8. The number of carbonyl (C=O) groups is 2. The van der Waals surface area contributed by atoms with Gasteiger partial charge in [-0.2, -0.15) is 0 Å². The summed E-state index contributed by atoms with van der Waals surface area (Å²) < 4.78 is 0. The van der Waals surface area contributed by atoms with E-state index in [2.05, 4.69) is 15.5 Å². The monoisotopic (exact) mass is 378 g/mol. The lowest BCUT2D eigenvalue weighted by molar-refractivity contribution is -0.117. The van der Waals surface area contributed by atoms with Gasteiger partial charge in [0.15, 0.2) is 0 Å². The van der Waals surface area contributed by atoms with Gasteiger partial charge in [-0.15, -0.1) is 10.2 Å². The summed E-state index contributed by atoms with van der Waals surface area (Å²) in [5, 5.41) is 12.8. The van der Waals surface area contributed by atoms with Gasteiger partial charge in [0.2, 0.25) is 16.9 Å². The zero-order chi connectivity index (χ0) is 18.0. The Morgan fingerprint density at radius 3 is 2.96 bits per heavy atom. The molecular formula is C17H19ClN4O2S. The summed E-state index contributed by atoms with van der Waals surface area (Å²) in [4.78, 5) is 25.8. The van der Waals surface area contributed by atoms with Crippen molar-refractivity contribution in [2.45, 2.75) is 39.0 Å². The Morgan fingerprint density at radius 2 is 2.24 bits per heavy atom. The average molecular weight is 379 g/mol. The Balaban J connectivity index is 1.71. The van der Waals surface area contributed by atoms with Gasteiger partial charge in [0, 0.05) is 36.0 Å². The third-order valence-corrected chi connectivity index (χ3v) is 5.51. The molecule has 1 N–H and O–H groups in total. The molecule has 25 heavy (non-hydrogen) atoms. The van der Waals surface area contributed by atoms with Crippen molar-refractivity contribution >= 4 is 45.6 Å². The number of aryl methyl sites for hydroxylation is 1. The van der Waals surface area contributed by atoms with Crippen LogP contribution in [0, 0.1) is 6.92 Å². The van der Waals surface area contributed by atoms with E-state index in [0.717, 1.165) is 22.7 Å². The standard InChI is InChI=1S/C17H19ClN4O2S/c1-3-4-14(23)19-17-21-20-16(25-17)11-7-15(24)22(9-11)12-6-5-10(2)13(18)8-12/h5-6,8,11H,3-4,7,9H2,1-2H3,(H,19,21,23)/t11-/m1/s1. The number of benzene rings is 1. The van der Waals surface area contributed by atoms with Gasteiger partial charge >= 0.3 is 0 Å². The normalized spacial score (nSPS) is 17.2. The largest absolute Gasteiger partial charge is 0.312 e. The van der Waals surface area contributed by atoms with E-state index in [-0.39, 0.29) is 17.7 Å². The molecule has 1 aromatic carbocycles. The highest BCUT2D eigenvalue weighted by molar-refractivity contribution is 7.15. The molecule has 1 aliphatic rings. The number of aromatic nitrogens is 2. The van der Waals surface area contributed by atoms with Crippen LogP contribution in [0.1, 0.15) is 42.7 Å². The number of amides is 2. The molecule has 1 saturated heterocycles. The number of anilines is 2. The lowest BCUT2D eigenvalue weighted by Crippen LogP contribution is -2.24. The summed E-state index contributed by atoms with van der Waals surface area (Å²) in [5.74, 6) is -0.0535. The molecule has 1 aliphatic heterocycles. The van der Waals surface area contributed by atoms with Crippen molar-refractivity contribution < 1.29 is 9.59 Å². The SMILES string of the molecule is CCCC(=O)Nc1nnc([C@@H]2CC(=O)N(c3ccc(C)c(Cl)c3)C2)s1. The van der Waals surface area contributed by atoms with E-state index in [4.69, 9.17) is 11.6 Å². The predicted molar refractivity (Wildman–Crippen MR) is 99.3 cm³/mol. The van der Waals surface area contributed by atoms with E-state index < -0.39 is 0 Å². The minimum absolute atomic E-state index is 0.0260. The minimum Gasteiger partial charge on any atom is -0.312 e. The molecule has 0 saturated carbocycles. The molecule has 0 spiro atoms. The Hall–Kier alpha value is -1.99. The molecule has 0 radical (unpaired) electrons. The van der Waals surface area contributed by atoms with Crippen LogP contribution < -0.4 is 10.2 Å². The van der Waals surface area contributed by atoms with E-state index in [1.54, 1.807) is 4.90 Å². The van der Waals surface area contributed by atoms with Crippen molar-refractivity contribution in [2.24, 2.45) is 0 Å². The maximum absolute atomic E-state index is 12.4. The first-order valence-corrected chi connectivity index (χ1v) is 9.37. The third kappa shape index (κ3) is 3.99. The quantitative estimate of drug-likeness (QED) is 0.859.